The lowest BCUT2D eigenvalue weighted by atomic mass is 10.2. The molecule has 0 spiro atoms. The average molecular weight is 376 g/mol. The average Bonchev–Trinajstić information content (AvgIpc) is 2.93. The van der Waals surface area contributed by atoms with Gasteiger partial charge in [-0.2, -0.15) is 5.10 Å². The van der Waals surface area contributed by atoms with Crippen molar-refractivity contribution in [3.8, 4) is 5.75 Å². The second-order valence-corrected chi connectivity index (χ2v) is 6.37. The van der Waals surface area contributed by atoms with Crippen molar-refractivity contribution in [2.24, 2.45) is 5.10 Å². The number of nitrogens with one attached hydrogen (secondary N) is 1. The Hall–Kier alpha value is -2.97. The van der Waals surface area contributed by atoms with Crippen LogP contribution in [-0.4, -0.2) is 22.2 Å². The number of aromatic hydroxyl groups is 1. The fraction of sp³-hybridized carbons (Fsp3) is 0. The van der Waals surface area contributed by atoms with E-state index in [1.165, 1.54) is 23.5 Å². The molecular formula is C16H10ClN3O4S. The summed E-state index contributed by atoms with van der Waals surface area (Å²) < 4.78 is 0.873. The molecule has 2 aromatic carbocycles. The van der Waals surface area contributed by atoms with Gasteiger partial charge in [0, 0.05) is 27.8 Å². The van der Waals surface area contributed by atoms with Crippen LogP contribution >= 0.6 is 22.9 Å². The molecule has 0 atom stereocenters. The molecule has 25 heavy (non-hydrogen) atoms. The summed E-state index contributed by atoms with van der Waals surface area (Å²) in [6.07, 6.45) is 1.13. The van der Waals surface area contributed by atoms with Gasteiger partial charge in [0.25, 0.3) is 11.6 Å². The van der Waals surface area contributed by atoms with Crippen LogP contribution in [0.2, 0.25) is 5.02 Å². The first kappa shape index (κ1) is 16.9. The van der Waals surface area contributed by atoms with E-state index in [4.69, 9.17) is 11.6 Å². The monoisotopic (exact) mass is 375 g/mol. The van der Waals surface area contributed by atoms with Gasteiger partial charge >= 0.3 is 0 Å². The van der Waals surface area contributed by atoms with E-state index in [0.29, 0.717) is 9.90 Å². The van der Waals surface area contributed by atoms with Gasteiger partial charge in [-0.3, -0.25) is 14.9 Å². The van der Waals surface area contributed by atoms with Crippen molar-refractivity contribution in [2.45, 2.75) is 0 Å². The molecule has 0 aliphatic carbocycles. The van der Waals surface area contributed by atoms with Gasteiger partial charge in [0.1, 0.15) is 10.6 Å². The van der Waals surface area contributed by atoms with E-state index in [1.54, 1.807) is 0 Å². The van der Waals surface area contributed by atoms with Crippen molar-refractivity contribution in [3.63, 3.8) is 0 Å². The number of phenolic OH excluding ortho intramolecular Hbond substituents is 1. The lowest BCUT2D eigenvalue weighted by Crippen LogP contribution is -2.16. The summed E-state index contributed by atoms with van der Waals surface area (Å²) in [4.78, 5) is 22.7. The molecule has 0 aliphatic heterocycles. The van der Waals surface area contributed by atoms with Crippen molar-refractivity contribution in [2.75, 3.05) is 0 Å². The third kappa shape index (κ3) is 3.44. The maximum absolute atomic E-state index is 12.2. The van der Waals surface area contributed by atoms with Crippen LogP contribution in [0.1, 0.15) is 15.2 Å². The molecule has 3 aromatic rings. The molecule has 0 unspecified atom stereocenters. The summed E-state index contributed by atoms with van der Waals surface area (Å²) in [7, 11) is 0. The Labute approximate surface area is 150 Å². The zero-order valence-corrected chi connectivity index (χ0v) is 14.0. The number of non-ortho nitro benzene ring substituents is 1. The Morgan fingerprint density at radius 1 is 1.32 bits per heavy atom. The molecule has 0 fully saturated rings. The molecular weight excluding hydrogens is 366 g/mol. The quantitative estimate of drug-likeness (QED) is 0.409. The molecule has 0 aliphatic rings. The number of phenols is 1. The number of halogens is 1. The van der Waals surface area contributed by atoms with Crippen LogP contribution < -0.4 is 5.43 Å². The number of nitrogens with zero attached hydrogens (tertiary/aromatic N) is 2. The number of nitro benzene ring substituents is 1. The number of nitro groups is 1. The summed E-state index contributed by atoms with van der Waals surface area (Å²) >= 11 is 7.44. The molecule has 1 aromatic heterocycles. The summed E-state index contributed by atoms with van der Waals surface area (Å²) in [5.41, 5.74) is 2.21. The maximum Gasteiger partial charge on any atom is 0.283 e. The zero-order valence-electron chi connectivity index (χ0n) is 12.5. The van der Waals surface area contributed by atoms with Crippen LogP contribution in [0.4, 0.5) is 5.69 Å². The highest BCUT2D eigenvalue weighted by Gasteiger charge is 2.16. The number of hydrazone groups is 1. The lowest BCUT2D eigenvalue weighted by molar-refractivity contribution is -0.384. The normalized spacial score (nSPS) is 11.1. The molecule has 0 saturated heterocycles. The summed E-state index contributed by atoms with van der Waals surface area (Å²) in [6, 6.07) is 10.8. The molecule has 0 saturated carbocycles. The van der Waals surface area contributed by atoms with Crippen LogP contribution in [0.15, 0.2) is 47.6 Å². The van der Waals surface area contributed by atoms with E-state index in [2.05, 4.69) is 10.5 Å². The number of rotatable bonds is 4. The maximum atomic E-state index is 12.2. The van der Waals surface area contributed by atoms with Gasteiger partial charge in [0.05, 0.1) is 16.2 Å². The fourth-order valence-electron chi connectivity index (χ4n) is 2.13. The molecule has 2 N–H and O–H groups in total. The number of carbonyl (C=O) groups excluding carboxylic acids is 1. The van der Waals surface area contributed by atoms with Gasteiger partial charge in [-0.05, 0) is 12.1 Å². The number of fused-ring (bicyclic) bond motifs is 1. The molecule has 9 heteroatoms. The third-order valence-corrected chi connectivity index (χ3v) is 5.01. The first-order valence-corrected chi connectivity index (χ1v) is 8.14. The molecule has 1 heterocycles. The van der Waals surface area contributed by atoms with E-state index < -0.39 is 10.8 Å². The Morgan fingerprint density at radius 3 is 2.80 bits per heavy atom. The molecule has 0 radical (unpaired) electrons. The van der Waals surface area contributed by atoms with Gasteiger partial charge in [0.2, 0.25) is 0 Å². The summed E-state index contributed by atoms with van der Waals surface area (Å²) in [5.74, 6) is -0.698. The van der Waals surface area contributed by atoms with E-state index in [1.807, 2.05) is 24.3 Å². The number of thiophene rings is 1. The smallest absolute Gasteiger partial charge is 0.283 e. The minimum atomic E-state index is -0.591. The van der Waals surface area contributed by atoms with E-state index >= 15 is 0 Å². The predicted molar refractivity (Wildman–Crippen MR) is 96.7 cm³/mol. The van der Waals surface area contributed by atoms with Gasteiger partial charge in [0.15, 0.2) is 0 Å². The van der Waals surface area contributed by atoms with Gasteiger partial charge in [-0.15, -0.1) is 11.3 Å². The molecule has 7 nitrogen and oxygen atoms in total. The molecule has 126 valence electrons. The van der Waals surface area contributed by atoms with Crippen molar-refractivity contribution in [1.29, 1.82) is 0 Å². The zero-order chi connectivity index (χ0) is 18.0. The Balaban J connectivity index is 1.80. The Kier molecular flexibility index (Phi) is 4.64. The van der Waals surface area contributed by atoms with Gasteiger partial charge in [-0.25, -0.2) is 5.43 Å². The standard InChI is InChI=1S/C16H10ClN3O4S/c17-14-11-3-1-2-4-13(11)25-15(14)16(22)19-18-8-9-7-10(20(23)24)5-6-12(9)21/h1-8,21H,(H,19,22)/b18-8-. The largest absolute Gasteiger partial charge is 0.507 e. The van der Waals surface area contributed by atoms with Crippen molar-refractivity contribution >= 4 is 50.8 Å². The van der Waals surface area contributed by atoms with Gasteiger partial charge in [-0.1, -0.05) is 29.8 Å². The van der Waals surface area contributed by atoms with Crippen molar-refractivity contribution < 1.29 is 14.8 Å². The van der Waals surface area contributed by atoms with Crippen molar-refractivity contribution in [1.82, 2.24) is 5.43 Å². The Morgan fingerprint density at radius 2 is 2.08 bits per heavy atom. The number of benzene rings is 2. The second kappa shape index (κ2) is 6.88. The van der Waals surface area contributed by atoms with E-state index in [0.717, 1.165) is 22.4 Å². The lowest BCUT2D eigenvalue weighted by Gasteiger charge is -2.00. The van der Waals surface area contributed by atoms with Crippen LogP contribution in [0.25, 0.3) is 10.1 Å². The van der Waals surface area contributed by atoms with Crippen LogP contribution in [0.3, 0.4) is 0 Å². The highest BCUT2D eigenvalue weighted by Crippen LogP contribution is 2.34. The SMILES string of the molecule is O=C(N/N=C\c1cc([N+](=O)[O-])ccc1O)c1sc2ccccc2c1Cl. The minimum Gasteiger partial charge on any atom is -0.507 e. The third-order valence-electron chi connectivity index (χ3n) is 3.33. The molecule has 1 amide bonds. The van der Waals surface area contributed by atoms with Crippen LogP contribution in [-0.2, 0) is 0 Å². The number of amides is 1. The molecule has 3 rings (SSSR count). The van der Waals surface area contributed by atoms with Gasteiger partial charge < -0.3 is 5.11 Å². The summed E-state index contributed by atoms with van der Waals surface area (Å²) in [5, 5.41) is 25.3. The van der Waals surface area contributed by atoms with Crippen LogP contribution in [0, 0.1) is 10.1 Å². The first-order chi connectivity index (χ1) is 12.0. The highest BCUT2D eigenvalue weighted by atomic mass is 35.5. The topological polar surface area (TPSA) is 105 Å². The number of carbonyl (C=O) groups is 1. The van der Waals surface area contributed by atoms with E-state index in [9.17, 15) is 20.0 Å². The number of hydrogen-bond acceptors (Lipinski definition) is 6. The second-order valence-electron chi connectivity index (χ2n) is 4.94. The predicted octanol–water partition coefficient (Wildman–Crippen LogP) is 3.93. The highest BCUT2D eigenvalue weighted by molar-refractivity contribution is 7.21. The van der Waals surface area contributed by atoms with Crippen LogP contribution in [0.5, 0.6) is 5.75 Å². The minimum absolute atomic E-state index is 0.108. The first-order valence-electron chi connectivity index (χ1n) is 6.95. The van der Waals surface area contributed by atoms with E-state index in [-0.39, 0.29) is 17.0 Å². The van der Waals surface area contributed by atoms with Crippen molar-refractivity contribution in [3.05, 3.63) is 68.0 Å². The Bertz CT molecular complexity index is 1020. The fourth-order valence-corrected chi connectivity index (χ4v) is 3.54. The summed E-state index contributed by atoms with van der Waals surface area (Å²) in [6.45, 7) is 0. The number of hydrogen-bond donors (Lipinski definition) is 2. The molecule has 0 bridgehead atoms.